The van der Waals surface area contributed by atoms with E-state index in [0.717, 1.165) is 0 Å². The van der Waals surface area contributed by atoms with Gasteiger partial charge in [-0.15, -0.1) is 0 Å². The molecule has 0 atom stereocenters. The highest BCUT2D eigenvalue weighted by molar-refractivity contribution is 6.39. The van der Waals surface area contributed by atoms with Crippen molar-refractivity contribution < 1.29 is 28.6 Å². The molecule has 0 bridgehead atoms. The number of nitrogens with zero attached hydrogens (tertiary/aromatic N) is 2. The lowest BCUT2D eigenvalue weighted by molar-refractivity contribution is -0.145. The van der Waals surface area contributed by atoms with E-state index in [4.69, 9.17) is 14.2 Å². The average molecular weight is 365 g/mol. The SMILES string of the molecule is COc1cc(NC(=O)C(=O)N2CCN(C(C)=O)CC2)cc(OC)c1OC. The first-order valence-electron chi connectivity index (χ1n) is 8.07. The van der Waals surface area contributed by atoms with Crippen LogP contribution < -0.4 is 19.5 Å². The predicted molar refractivity (Wildman–Crippen MR) is 93.6 cm³/mol. The Bertz CT molecular complexity index is 673. The fourth-order valence-electron chi connectivity index (χ4n) is 2.71. The van der Waals surface area contributed by atoms with Gasteiger partial charge in [0.05, 0.1) is 21.3 Å². The first kappa shape index (κ1) is 19.4. The maximum atomic E-state index is 12.3. The van der Waals surface area contributed by atoms with E-state index in [1.807, 2.05) is 0 Å². The zero-order valence-electron chi connectivity index (χ0n) is 15.3. The van der Waals surface area contributed by atoms with Crippen molar-refractivity contribution in [1.29, 1.82) is 0 Å². The van der Waals surface area contributed by atoms with Crippen LogP contribution in [0.15, 0.2) is 12.1 Å². The normalized spacial score (nSPS) is 13.8. The van der Waals surface area contributed by atoms with Crippen molar-refractivity contribution in [2.75, 3.05) is 52.8 Å². The Hall–Kier alpha value is -2.97. The second-order valence-corrected chi connectivity index (χ2v) is 5.67. The highest BCUT2D eigenvalue weighted by Gasteiger charge is 2.27. The zero-order valence-corrected chi connectivity index (χ0v) is 15.3. The van der Waals surface area contributed by atoms with Crippen LogP contribution in [-0.4, -0.2) is 75.0 Å². The molecule has 0 aromatic heterocycles. The van der Waals surface area contributed by atoms with Crippen molar-refractivity contribution in [3.8, 4) is 17.2 Å². The molecule has 1 aliphatic heterocycles. The van der Waals surface area contributed by atoms with Gasteiger partial charge in [0.1, 0.15) is 0 Å². The van der Waals surface area contributed by atoms with Crippen molar-refractivity contribution in [2.45, 2.75) is 6.92 Å². The topological polar surface area (TPSA) is 97.4 Å². The lowest BCUT2D eigenvalue weighted by atomic mass is 10.2. The smallest absolute Gasteiger partial charge is 0.313 e. The Morgan fingerprint density at radius 1 is 0.885 bits per heavy atom. The molecule has 1 aliphatic rings. The predicted octanol–water partition coefficient (Wildman–Crippen LogP) is 0.342. The molecule has 2 rings (SSSR count). The Kier molecular flexibility index (Phi) is 6.26. The molecule has 1 fully saturated rings. The number of nitrogens with one attached hydrogen (secondary N) is 1. The lowest BCUT2D eigenvalue weighted by Crippen LogP contribution is -2.52. The van der Waals surface area contributed by atoms with E-state index in [1.165, 1.54) is 33.2 Å². The molecular formula is C17H23N3O6. The minimum absolute atomic E-state index is 0.0426. The third-order valence-corrected chi connectivity index (χ3v) is 4.13. The van der Waals surface area contributed by atoms with Crippen LogP contribution in [-0.2, 0) is 14.4 Å². The number of carbonyl (C=O) groups is 3. The highest BCUT2D eigenvalue weighted by Crippen LogP contribution is 2.39. The number of hydrogen-bond donors (Lipinski definition) is 1. The molecule has 0 aliphatic carbocycles. The minimum atomic E-state index is -0.768. The number of rotatable bonds is 4. The van der Waals surface area contributed by atoms with E-state index in [2.05, 4.69) is 5.32 Å². The Morgan fingerprint density at radius 2 is 1.38 bits per heavy atom. The molecule has 0 saturated carbocycles. The standard InChI is InChI=1S/C17H23N3O6/c1-11(21)19-5-7-20(8-6-19)17(23)16(22)18-12-9-13(24-2)15(26-4)14(10-12)25-3/h9-10H,5-8H2,1-4H3,(H,18,22). The summed E-state index contributed by atoms with van der Waals surface area (Å²) in [4.78, 5) is 39.0. The maximum Gasteiger partial charge on any atom is 0.313 e. The van der Waals surface area contributed by atoms with Gasteiger partial charge in [-0.3, -0.25) is 14.4 Å². The lowest BCUT2D eigenvalue weighted by Gasteiger charge is -2.33. The highest BCUT2D eigenvalue weighted by atomic mass is 16.5. The third kappa shape index (κ3) is 4.16. The largest absolute Gasteiger partial charge is 0.493 e. The molecule has 1 N–H and O–H groups in total. The summed E-state index contributed by atoms with van der Waals surface area (Å²) < 4.78 is 15.7. The van der Waals surface area contributed by atoms with Crippen LogP contribution in [0.3, 0.4) is 0 Å². The molecule has 3 amide bonds. The van der Waals surface area contributed by atoms with Gasteiger partial charge >= 0.3 is 11.8 Å². The third-order valence-electron chi connectivity index (χ3n) is 4.13. The van der Waals surface area contributed by atoms with Crippen molar-refractivity contribution >= 4 is 23.4 Å². The Balaban J connectivity index is 2.07. The average Bonchev–Trinajstić information content (AvgIpc) is 2.66. The van der Waals surface area contributed by atoms with Crippen molar-refractivity contribution in [1.82, 2.24) is 9.80 Å². The molecule has 142 valence electrons. The van der Waals surface area contributed by atoms with Gasteiger partial charge in [-0.05, 0) is 0 Å². The van der Waals surface area contributed by atoms with E-state index in [9.17, 15) is 14.4 Å². The van der Waals surface area contributed by atoms with Crippen molar-refractivity contribution in [3.05, 3.63) is 12.1 Å². The quantitative estimate of drug-likeness (QED) is 0.773. The Morgan fingerprint density at radius 3 is 1.81 bits per heavy atom. The molecule has 0 unspecified atom stereocenters. The summed E-state index contributed by atoms with van der Waals surface area (Å²) in [6, 6.07) is 3.08. The van der Waals surface area contributed by atoms with Crippen LogP contribution in [0.4, 0.5) is 5.69 Å². The van der Waals surface area contributed by atoms with Crippen LogP contribution >= 0.6 is 0 Å². The number of anilines is 1. The van der Waals surface area contributed by atoms with E-state index >= 15 is 0 Å². The minimum Gasteiger partial charge on any atom is -0.493 e. The number of benzene rings is 1. The van der Waals surface area contributed by atoms with E-state index in [-0.39, 0.29) is 5.91 Å². The number of piperazine rings is 1. The van der Waals surface area contributed by atoms with Gasteiger partial charge in [-0.2, -0.15) is 0 Å². The van der Waals surface area contributed by atoms with Gasteiger partial charge in [-0.25, -0.2) is 0 Å². The second kappa shape index (κ2) is 8.41. The number of ether oxygens (including phenoxy) is 3. The summed E-state index contributed by atoms with van der Waals surface area (Å²) in [6.45, 7) is 2.95. The molecule has 0 spiro atoms. The summed E-state index contributed by atoms with van der Waals surface area (Å²) in [6.07, 6.45) is 0. The van der Waals surface area contributed by atoms with E-state index in [1.54, 1.807) is 17.0 Å². The van der Waals surface area contributed by atoms with E-state index in [0.29, 0.717) is 49.1 Å². The Labute approximate surface area is 151 Å². The number of amides is 3. The molecule has 26 heavy (non-hydrogen) atoms. The van der Waals surface area contributed by atoms with Crippen LogP contribution in [0, 0.1) is 0 Å². The van der Waals surface area contributed by atoms with Gasteiger partial charge in [0, 0.05) is 50.9 Å². The number of carbonyl (C=O) groups excluding carboxylic acids is 3. The summed E-state index contributed by atoms with van der Waals surface area (Å²) in [7, 11) is 4.40. The van der Waals surface area contributed by atoms with Gasteiger partial charge in [0.25, 0.3) is 0 Å². The molecule has 9 heteroatoms. The fourth-order valence-corrected chi connectivity index (χ4v) is 2.71. The summed E-state index contributed by atoms with van der Waals surface area (Å²) in [5.41, 5.74) is 0.347. The molecule has 1 saturated heterocycles. The van der Waals surface area contributed by atoms with Crippen molar-refractivity contribution in [3.63, 3.8) is 0 Å². The monoisotopic (exact) mass is 365 g/mol. The van der Waals surface area contributed by atoms with Gasteiger partial charge < -0.3 is 29.3 Å². The van der Waals surface area contributed by atoms with Crippen molar-refractivity contribution in [2.24, 2.45) is 0 Å². The second-order valence-electron chi connectivity index (χ2n) is 5.67. The fraction of sp³-hybridized carbons (Fsp3) is 0.471. The summed E-state index contributed by atoms with van der Waals surface area (Å²) >= 11 is 0. The molecule has 1 aromatic carbocycles. The first-order valence-corrected chi connectivity index (χ1v) is 8.07. The molecule has 1 aromatic rings. The zero-order chi connectivity index (χ0) is 19.3. The first-order chi connectivity index (χ1) is 12.4. The van der Waals surface area contributed by atoms with Crippen LogP contribution in [0.5, 0.6) is 17.2 Å². The maximum absolute atomic E-state index is 12.3. The molecule has 9 nitrogen and oxygen atoms in total. The van der Waals surface area contributed by atoms with Crippen LogP contribution in [0.2, 0.25) is 0 Å². The number of methoxy groups -OCH3 is 3. The van der Waals surface area contributed by atoms with Crippen LogP contribution in [0.25, 0.3) is 0 Å². The molecule has 0 radical (unpaired) electrons. The van der Waals surface area contributed by atoms with Gasteiger partial charge in [-0.1, -0.05) is 0 Å². The van der Waals surface area contributed by atoms with Crippen LogP contribution in [0.1, 0.15) is 6.92 Å². The number of hydrogen-bond acceptors (Lipinski definition) is 6. The van der Waals surface area contributed by atoms with Gasteiger partial charge in [0.2, 0.25) is 11.7 Å². The molecule has 1 heterocycles. The van der Waals surface area contributed by atoms with Gasteiger partial charge in [0.15, 0.2) is 11.5 Å². The molecular weight excluding hydrogens is 342 g/mol. The summed E-state index contributed by atoms with van der Waals surface area (Å²) in [5.74, 6) is -0.342. The summed E-state index contributed by atoms with van der Waals surface area (Å²) in [5, 5.41) is 2.55. The van der Waals surface area contributed by atoms with E-state index < -0.39 is 11.8 Å².